The van der Waals surface area contributed by atoms with E-state index in [1.165, 1.54) is 6.92 Å². The quantitative estimate of drug-likeness (QED) is 0.276. The summed E-state index contributed by atoms with van der Waals surface area (Å²) in [6.07, 6.45) is 7.92. The van der Waals surface area contributed by atoms with E-state index in [-0.39, 0.29) is 42.6 Å². The Hall–Kier alpha value is -1.87. The number of nitrogens with one attached hydrogen (secondary N) is 3. The second kappa shape index (κ2) is 16.7. The molecule has 9 nitrogen and oxygen atoms in total. The van der Waals surface area contributed by atoms with Crippen LogP contribution in [-0.4, -0.2) is 74.0 Å². The normalized spacial score (nSPS) is 19.5. The van der Waals surface area contributed by atoms with E-state index in [1.54, 1.807) is 0 Å². The highest BCUT2D eigenvalue weighted by molar-refractivity contribution is 5.86. The SMILES string of the molecule is CCCCCOC(=O)[C@H](CNC(=O)[C@@H]1CCCN(C(=O)CCC2CCNCC2)C1)NC(C)=O.Cl. The van der Waals surface area contributed by atoms with Crippen LogP contribution < -0.4 is 16.0 Å². The maximum atomic E-state index is 12.8. The lowest BCUT2D eigenvalue weighted by atomic mass is 9.92. The molecule has 0 aliphatic carbocycles. The van der Waals surface area contributed by atoms with E-state index in [0.717, 1.165) is 58.0 Å². The molecule has 0 aromatic heterocycles. The van der Waals surface area contributed by atoms with Gasteiger partial charge in [-0.3, -0.25) is 14.4 Å². The molecule has 3 amide bonds. The predicted molar refractivity (Wildman–Crippen MR) is 132 cm³/mol. The van der Waals surface area contributed by atoms with Crippen LogP contribution in [0.4, 0.5) is 0 Å². The summed E-state index contributed by atoms with van der Waals surface area (Å²) in [6, 6.07) is -0.917. The van der Waals surface area contributed by atoms with Crippen LogP contribution in [0.3, 0.4) is 0 Å². The maximum Gasteiger partial charge on any atom is 0.330 e. The first kappa shape index (κ1) is 30.2. The zero-order valence-electron chi connectivity index (χ0n) is 20.7. The monoisotopic (exact) mass is 502 g/mol. The topological polar surface area (TPSA) is 117 Å². The van der Waals surface area contributed by atoms with Gasteiger partial charge in [-0.15, -0.1) is 12.4 Å². The summed E-state index contributed by atoms with van der Waals surface area (Å²) in [5.74, 6) is -0.674. The van der Waals surface area contributed by atoms with Crippen LogP contribution in [-0.2, 0) is 23.9 Å². The van der Waals surface area contributed by atoms with Gasteiger partial charge in [-0.05, 0) is 57.5 Å². The first-order valence-electron chi connectivity index (χ1n) is 12.6. The van der Waals surface area contributed by atoms with Crippen molar-refractivity contribution in [1.82, 2.24) is 20.9 Å². The van der Waals surface area contributed by atoms with E-state index >= 15 is 0 Å². The Labute approximate surface area is 209 Å². The lowest BCUT2D eigenvalue weighted by molar-refractivity contribution is -0.147. The van der Waals surface area contributed by atoms with Gasteiger partial charge in [0.1, 0.15) is 6.04 Å². The van der Waals surface area contributed by atoms with Gasteiger partial charge in [-0.1, -0.05) is 19.8 Å². The minimum absolute atomic E-state index is 0. The zero-order chi connectivity index (χ0) is 24.1. The predicted octanol–water partition coefficient (Wildman–Crippen LogP) is 1.78. The summed E-state index contributed by atoms with van der Waals surface area (Å²) in [7, 11) is 0. The van der Waals surface area contributed by atoms with Crippen LogP contribution >= 0.6 is 12.4 Å². The number of hydrogen-bond acceptors (Lipinski definition) is 6. The van der Waals surface area contributed by atoms with Gasteiger partial charge in [0.2, 0.25) is 17.7 Å². The molecule has 2 saturated heterocycles. The van der Waals surface area contributed by atoms with Gasteiger partial charge in [-0.2, -0.15) is 0 Å². The summed E-state index contributed by atoms with van der Waals surface area (Å²) in [4.78, 5) is 51.1. The van der Waals surface area contributed by atoms with Crippen molar-refractivity contribution < 1.29 is 23.9 Å². The Morgan fingerprint density at radius 3 is 2.53 bits per heavy atom. The summed E-state index contributed by atoms with van der Waals surface area (Å²) in [5, 5.41) is 8.68. The molecule has 34 heavy (non-hydrogen) atoms. The molecule has 0 saturated carbocycles. The van der Waals surface area contributed by atoms with Crippen molar-refractivity contribution in [1.29, 1.82) is 0 Å². The average molecular weight is 503 g/mol. The molecule has 2 fully saturated rings. The fourth-order valence-corrected chi connectivity index (χ4v) is 4.48. The molecule has 0 unspecified atom stereocenters. The van der Waals surface area contributed by atoms with Gasteiger partial charge in [0, 0.05) is 33.0 Å². The molecular formula is C24H43ClN4O5. The van der Waals surface area contributed by atoms with E-state index in [0.29, 0.717) is 38.5 Å². The van der Waals surface area contributed by atoms with Crippen LogP contribution in [0.5, 0.6) is 0 Å². The smallest absolute Gasteiger partial charge is 0.330 e. The minimum Gasteiger partial charge on any atom is -0.464 e. The van der Waals surface area contributed by atoms with E-state index < -0.39 is 12.0 Å². The number of rotatable bonds is 12. The van der Waals surface area contributed by atoms with Crippen LogP contribution in [0.25, 0.3) is 0 Å². The van der Waals surface area contributed by atoms with E-state index in [4.69, 9.17) is 4.74 Å². The molecular weight excluding hydrogens is 460 g/mol. The van der Waals surface area contributed by atoms with Gasteiger partial charge in [-0.25, -0.2) is 4.79 Å². The summed E-state index contributed by atoms with van der Waals surface area (Å²) in [5.41, 5.74) is 0. The van der Waals surface area contributed by atoms with Crippen LogP contribution in [0.1, 0.15) is 71.6 Å². The minimum atomic E-state index is -0.917. The molecule has 3 N–H and O–H groups in total. The lowest BCUT2D eigenvalue weighted by Crippen LogP contribution is -2.51. The number of carbonyl (C=O) groups is 4. The van der Waals surface area contributed by atoms with E-state index in [9.17, 15) is 19.2 Å². The highest BCUT2D eigenvalue weighted by atomic mass is 35.5. The van der Waals surface area contributed by atoms with Crippen LogP contribution in [0, 0.1) is 11.8 Å². The summed E-state index contributed by atoms with van der Waals surface area (Å²) < 4.78 is 5.25. The molecule has 0 spiro atoms. The number of ether oxygens (including phenoxy) is 1. The molecule has 0 radical (unpaired) electrons. The zero-order valence-corrected chi connectivity index (χ0v) is 21.6. The number of halogens is 1. The van der Waals surface area contributed by atoms with Crippen molar-refractivity contribution in [2.24, 2.45) is 11.8 Å². The van der Waals surface area contributed by atoms with Crippen LogP contribution in [0.15, 0.2) is 0 Å². The van der Waals surface area contributed by atoms with Crippen molar-refractivity contribution in [3.8, 4) is 0 Å². The Bertz CT molecular complexity index is 657. The van der Waals surface area contributed by atoms with E-state index in [2.05, 4.69) is 22.9 Å². The molecule has 2 atom stereocenters. The van der Waals surface area contributed by atoms with Gasteiger partial charge in [0.05, 0.1) is 12.5 Å². The van der Waals surface area contributed by atoms with Gasteiger partial charge in [0.25, 0.3) is 0 Å². The Balaban J connectivity index is 0.00000578. The highest BCUT2D eigenvalue weighted by Crippen LogP contribution is 2.21. The number of piperidine rings is 2. The number of unbranched alkanes of at least 4 members (excludes halogenated alkanes) is 2. The summed E-state index contributed by atoms with van der Waals surface area (Å²) in [6.45, 7) is 6.81. The van der Waals surface area contributed by atoms with Crippen molar-refractivity contribution in [2.75, 3.05) is 39.3 Å². The van der Waals surface area contributed by atoms with Gasteiger partial charge >= 0.3 is 5.97 Å². The summed E-state index contributed by atoms with van der Waals surface area (Å²) >= 11 is 0. The molecule has 10 heteroatoms. The van der Waals surface area contributed by atoms with Crippen molar-refractivity contribution in [2.45, 2.75) is 77.7 Å². The number of amides is 3. The number of carbonyl (C=O) groups excluding carboxylic acids is 4. The number of hydrogen-bond donors (Lipinski definition) is 3. The molecule has 0 aromatic carbocycles. The molecule has 2 aliphatic rings. The number of nitrogens with zero attached hydrogens (tertiary/aromatic N) is 1. The van der Waals surface area contributed by atoms with Crippen LogP contribution in [0.2, 0.25) is 0 Å². The Kier molecular flexibility index (Phi) is 14.8. The Morgan fingerprint density at radius 1 is 1.12 bits per heavy atom. The fraction of sp³-hybridized carbons (Fsp3) is 0.833. The number of likely N-dealkylation sites (tertiary alicyclic amines) is 1. The van der Waals surface area contributed by atoms with Crippen molar-refractivity contribution in [3.63, 3.8) is 0 Å². The molecule has 0 aromatic rings. The maximum absolute atomic E-state index is 12.8. The van der Waals surface area contributed by atoms with Crippen molar-refractivity contribution in [3.05, 3.63) is 0 Å². The molecule has 196 valence electrons. The lowest BCUT2D eigenvalue weighted by Gasteiger charge is -2.33. The number of esters is 1. The second-order valence-corrected chi connectivity index (χ2v) is 9.28. The first-order valence-corrected chi connectivity index (χ1v) is 12.6. The fourth-order valence-electron chi connectivity index (χ4n) is 4.48. The second-order valence-electron chi connectivity index (χ2n) is 9.28. The molecule has 2 rings (SSSR count). The molecule has 0 bridgehead atoms. The van der Waals surface area contributed by atoms with Crippen molar-refractivity contribution >= 4 is 36.1 Å². The third-order valence-corrected chi connectivity index (χ3v) is 6.50. The largest absolute Gasteiger partial charge is 0.464 e. The van der Waals surface area contributed by atoms with Gasteiger partial charge < -0.3 is 25.6 Å². The Morgan fingerprint density at radius 2 is 1.85 bits per heavy atom. The molecule has 2 aliphatic heterocycles. The third-order valence-electron chi connectivity index (χ3n) is 6.50. The highest BCUT2D eigenvalue weighted by Gasteiger charge is 2.30. The standard InChI is InChI=1S/C24H42N4O5.ClH/c1-3-4-5-15-33-24(32)21(27-18(2)29)16-26-23(31)20-7-6-14-28(17-20)22(30)9-8-19-10-12-25-13-11-19;/h19-21,25H,3-17H2,1-2H3,(H,26,31)(H,27,29);1H/t20-,21+;/m1./s1. The first-order chi connectivity index (χ1) is 15.9. The van der Waals surface area contributed by atoms with E-state index in [1.807, 2.05) is 4.90 Å². The average Bonchev–Trinajstić information content (AvgIpc) is 2.83. The molecule has 2 heterocycles. The van der Waals surface area contributed by atoms with Gasteiger partial charge in [0.15, 0.2) is 0 Å². The third kappa shape index (κ3) is 11.0.